The summed E-state index contributed by atoms with van der Waals surface area (Å²) in [5, 5.41) is 19.1. The molecule has 15 nitrogen and oxygen atoms in total. The highest BCUT2D eigenvalue weighted by molar-refractivity contribution is 6.35. The van der Waals surface area contributed by atoms with E-state index >= 15 is 0 Å². The van der Waals surface area contributed by atoms with Crippen molar-refractivity contribution in [2.24, 2.45) is 0 Å². The average Bonchev–Trinajstić information content (AvgIpc) is 3.96. The lowest BCUT2D eigenvalue weighted by molar-refractivity contribution is 0.0664. The van der Waals surface area contributed by atoms with Crippen LogP contribution in [0.25, 0.3) is 43.6 Å². The summed E-state index contributed by atoms with van der Waals surface area (Å²) in [7, 11) is 10.2. The number of H-pyrrole nitrogens is 1. The van der Waals surface area contributed by atoms with Crippen LogP contribution in [-0.4, -0.2) is 114 Å². The molecule has 0 bridgehead atoms. The third-order valence-corrected chi connectivity index (χ3v) is 10.8. The van der Waals surface area contributed by atoms with Crippen LogP contribution < -0.4 is 29.0 Å². The molecule has 0 aliphatic carbocycles. The third kappa shape index (κ3) is 7.96. The Morgan fingerprint density at radius 2 is 1.33 bits per heavy atom. The molecule has 0 spiro atoms. The summed E-state index contributed by atoms with van der Waals surface area (Å²) in [6, 6.07) is 22.8. The molecule has 4 aromatic carbocycles. The van der Waals surface area contributed by atoms with Crippen molar-refractivity contribution in [3.05, 3.63) is 101 Å². The van der Waals surface area contributed by atoms with Crippen molar-refractivity contribution < 1.29 is 28.5 Å². The number of ether oxygens (including phenoxy) is 5. The fraction of sp³-hybridized carbons (Fsp3) is 0.250. The summed E-state index contributed by atoms with van der Waals surface area (Å²) in [5.74, 6) is 4.10. The number of aromatic nitrogens is 6. The van der Waals surface area contributed by atoms with E-state index < -0.39 is 0 Å². The minimum atomic E-state index is 0.0631. The first kappa shape index (κ1) is 40.0. The van der Waals surface area contributed by atoms with E-state index in [0.29, 0.717) is 62.6 Å². The Hall–Kier alpha value is -6.84. The molecule has 1 saturated heterocycles. The number of likely N-dealkylation sites (N-methyl/N-ethyl adjacent to an activating group) is 1. The molecule has 1 amide bonds. The minimum Gasteiger partial charge on any atom is -0.497 e. The Labute approximate surface area is 350 Å². The minimum absolute atomic E-state index is 0.0631. The molecule has 16 heteroatoms. The van der Waals surface area contributed by atoms with Crippen molar-refractivity contribution in [3.63, 3.8) is 0 Å². The number of benzene rings is 4. The predicted octanol–water partition coefficient (Wildman–Crippen LogP) is 7.57. The molecule has 5 heterocycles. The Kier molecular flexibility index (Phi) is 11.4. The molecular weight excluding hydrogens is 786 g/mol. The van der Waals surface area contributed by atoms with Crippen LogP contribution in [-0.2, 0) is 6.54 Å². The summed E-state index contributed by atoms with van der Waals surface area (Å²) >= 11 is 6.40. The number of anilines is 2. The quantitative estimate of drug-likeness (QED) is 0.131. The van der Waals surface area contributed by atoms with Gasteiger partial charge < -0.3 is 38.8 Å². The highest BCUT2D eigenvalue weighted by Gasteiger charge is 2.21. The van der Waals surface area contributed by atoms with E-state index in [9.17, 15) is 4.79 Å². The summed E-state index contributed by atoms with van der Waals surface area (Å²) in [6.07, 6.45) is 3.73. The number of pyridine rings is 2. The SMILES string of the molecule is COc1cc(OC)c2nc(Nc3ccc(C(=O)N4CCN(C)CC4)cc3)c3[nH]ncc3c2c1.COc1ccc(Cn2cc3c(n2)c(Cl)nc2c(OC)cc(OC)cc23)cc1. The van der Waals surface area contributed by atoms with E-state index in [0.717, 1.165) is 70.2 Å². The summed E-state index contributed by atoms with van der Waals surface area (Å²) in [5.41, 5.74) is 5.41. The van der Waals surface area contributed by atoms with Crippen LogP contribution in [0.5, 0.6) is 28.7 Å². The van der Waals surface area contributed by atoms with Crippen molar-refractivity contribution in [3.8, 4) is 28.7 Å². The molecule has 1 aliphatic heterocycles. The monoisotopic (exact) mass is 829 g/mol. The number of methoxy groups -OCH3 is 5. The van der Waals surface area contributed by atoms with E-state index in [1.54, 1.807) is 47.8 Å². The zero-order chi connectivity index (χ0) is 41.9. The standard InChI is InChI=1S/C24H26N6O3.C20H18ClN3O3/c1-29-8-10-30(11-9-29)24(31)15-4-6-16(7-5-15)26-23-22-19(14-25-28-22)18-12-17(32-2)13-20(33-3)21(18)27-23;1-25-13-6-4-12(5-7-13)10-24-11-16-15-8-14(26-2)9-17(27-3)18(15)22-20(21)19(16)23-24/h4-7,12-14H,8-11H2,1-3H3,(H,25,28)(H,26,27);4-9,11H,10H2,1-3H3. The van der Waals surface area contributed by atoms with E-state index in [4.69, 9.17) is 40.3 Å². The van der Waals surface area contributed by atoms with Gasteiger partial charge in [-0.1, -0.05) is 23.7 Å². The van der Waals surface area contributed by atoms with Gasteiger partial charge in [0.25, 0.3) is 5.91 Å². The predicted molar refractivity (Wildman–Crippen MR) is 233 cm³/mol. The molecule has 8 aromatic rings. The number of nitrogens with zero attached hydrogens (tertiary/aromatic N) is 7. The number of hydrogen-bond acceptors (Lipinski definition) is 12. The number of rotatable bonds is 10. The van der Waals surface area contributed by atoms with Gasteiger partial charge in [-0.3, -0.25) is 14.6 Å². The van der Waals surface area contributed by atoms with Gasteiger partial charge in [-0.05, 0) is 61.1 Å². The average molecular weight is 830 g/mol. The lowest BCUT2D eigenvalue weighted by Crippen LogP contribution is -2.47. The van der Waals surface area contributed by atoms with Gasteiger partial charge in [0, 0.05) is 77.3 Å². The number of nitrogens with one attached hydrogen (secondary N) is 2. The third-order valence-electron chi connectivity index (χ3n) is 10.5. The topological polar surface area (TPSA) is 154 Å². The molecular formula is C44H44ClN9O6. The number of amides is 1. The first-order chi connectivity index (χ1) is 29.2. The van der Waals surface area contributed by atoms with Gasteiger partial charge in [-0.15, -0.1) is 0 Å². The molecule has 0 radical (unpaired) electrons. The molecule has 0 atom stereocenters. The largest absolute Gasteiger partial charge is 0.497 e. The van der Waals surface area contributed by atoms with Crippen LogP contribution in [0.3, 0.4) is 0 Å². The lowest BCUT2D eigenvalue weighted by atomic mass is 10.1. The molecule has 4 aromatic heterocycles. The smallest absolute Gasteiger partial charge is 0.253 e. The molecule has 1 aliphatic rings. The van der Waals surface area contributed by atoms with Crippen LogP contribution in [0, 0.1) is 0 Å². The molecule has 2 N–H and O–H groups in total. The van der Waals surface area contributed by atoms with Gasteiger partial charge in [-0.25, -0.2) is 9.97 Å². The van der Waals surface area contributed by atoms with Crippen LogP contribution >= 0.6 is 11.6 Å². The number of aromatic amines is 1. The zero-order valence-electron chi connectivity index (χ0n) is 34.1. The fourth-order valence-electron chi connectivity index (χ4n) is 7.23. The molecule has 0 saturated carbocycles. The molecule has 0 unspecified atom stereocenters. The lowest BCUT2D eigenvalue weighted by Gasteiger charge is -2.32. The number of piperazine rings is 1. The van der Waals surface area contributed by atoms with Crippen LogP contribution in [0.4, 0.5) is 11.5 Å². The normalized spacial score (nSPS) is 13.0. The zero-order valence-corrected chi connectivity index (χ0v) is 34.8. The first-order valence-electron chi connectivity index (χ1n) is 19.1. The number of halogens is 1. The summed E-state index contributed by atoms with van der Waals surface area (Å²) < 4.78 is 28.9. The number of carbonyl (C=O) groups excluding carboxylic acids is 1. The van der Waals surface area contributed by atoms with Gasteiger partial charge in [0.2, 0.25) is 0 Å². The highest BCUT2D eigenvalue weighted by Crippen LogP contribution is 2.38. The molecule has 9 rings (SSSR count). The highest BCUT2D eigenvalue weighted by atomic mass is 35.5. The Morgan fingerprint density at radius 1 is 0.717 bits per heavy atom. The summed E-state index contributed by atoms with van der Waals surface area (Å²) in [4.78, 5) is 26.3. The van der Waals surface area contributed by atoms with Gasteiger partial charge in [0.05, 0.1) is 48.3 Å². The van der Waals surface area contributed by atoms with Crippen molar-refractivity contribution in [2.75, 3.05) is 74.1 Å². The fourth-order valence-corrected chi connectivity index (χ4v) is 7.45. The molecule has 308 valence electrons. The van der Waals surface area contributed by atoms with Crippen molar-refractivity contribution in [1.82, 2.24) is 39.7 Å². The second kappa shape index (κ2) is 17.2. The summed E-state index contributed by atoms with van der Waals surface area (Å²) in [6.45, 7) is 3.90. The van der Waals surface area contributed by atoms with Gasteiger partial charge >= 0.3 is 0 Å². The second-order valence-corrected chi connectivity index (χ2v) is 14.6. The van der Waals surface area contributed by atoms with E-state index in [1.165, 1.54) is 0 Å². The van der Waals surface area contributed by atoms with Crippen LogP contribution in [0.15, 0.2) is 85.2 Å². The molecule has 60 heavy (non-hydrogen) atoms. The van der Waals surface area contributed by atoms with Gasteiger partial charge in [-0.2, -0.15) is 10.2 Å². The maximum absolute atomic E-state index is 12.8. The van der Waals surface area contributed by atoms with Crippen molar-refractivity contribution in [1.29, 1.82) is 0 Å². The maximum Gasteiger partial charge on any atom is 0.253 e. The van der Waals surface area contributed by atoms with Crippen LogP contribution in [0.2, 0.25) is 5.15 Å². The first-order valence-corrected chi connectivity index (χ1v) is 19.5. The Morgan fingerprint density at radius 3 is 1.95 bits per heavy atom. The van der Waals surface area contributed by atoms with Crippen molar-refractivity contribution in [2.45, 2.75) is 6.54 Å². The second-order valence-electron chi connectivity index (χ2n) is 14.2. The van der Waals surface area contributed by atoms with Gasteiger partial charge in [0.15, 0.2) is 11.0 Å². The maximum atomic E-state index is 12.8. The van der Waals surface area contributed by atoms with E-state index in [2.05, 4.69) is 37.5 Å². The number of carbonyl (C=O) groups is 1. The Bertz CT molecular complexity index is 2820. The van der Waals surface area contributed by atoms with E-state index in [1.807, 2.05) is 82.5 Å². The van der Waals surface area contributed by atoms with E-state index in [-0.39, 0.29) is 5.91 Å². The number of hydrogen-bond donors (Lipinski definition) is 2. The van der Waals surface area contributed by atoms with Crippen LogP contribution in [0.1, 0.15) is 15.9 Å². The Balaban J connectivity index is 0.000000170. The van der Waals surface area contributed by atoms with Crippen molar-refractivity contribution >= 4 is 72.6 Å². The van der Waals surface area contributed by atoms with Gasteiger partial charge in [0.1, 0.15) is 50.8 Å². The number of fused-ring (bicyclic) bond motifs is 6. The molecule has 1 fully saturated rings.